The molecule has 252 valence electrons. The highest BCUT2D eigenvalue weighted by Crippen LogP contribution is 2.47. The van der Waals surface area contributed by atoms with Gasteiger partial charge in [0.25, 0.3) is 0 Å². The summed E-state index contributed by atoms with van der Waals surface area (Å²) in [5, 5.41) is 12.9. The maximum absolute atomic E-state index is 2.44. The van der Waals surface area contributed by atoms with Gasteiger partial charge in [0.15, 0.2) is 0 Å². The lowest BCUT2D eigenvalue weighted by molar-refractivity contribution is 1.30. The van der Waals surface area contributed by atoms with Gasteiger partial charge >= 0.3 is 0 Å². The number of fused-ring (bicyclic) bond motifs is 10. The van der Waals surface area contributed by atoms with Crippen LogP contribution in [0.1, 0.15) is 0 Å². The van der Waals surface area contributed by atoms with Crippen molar-refractivity contribution in [3.05, 3.63) is 200 Å². The maximum atomic E-state index is 2.44. The van der Waals surface area contributed by atoms with Crippen molar-refractivity contribution in [3.63, 3.8) is 0 Å². The van der Waals surface area contributed by atoms with Gasteiger partial charge in [-0.2, -0.15) is 0 Å². The molecule has 0 unspecified atom stereocenters. The molecule has 0 radical (unpaired) electrons. The molecule has 0 saturated heterocycles. The first-order chi connectivity index (χ1) is 26.8. The van der Waals surface area contributed by atoms with Crippen molar-refractivity contribution in [1.29, 1.82) is 0 Å². The Hall–Kier alpha value is -6.74. The van der Waals surface area contributed by atoms with E-state index in [0.29, 0.717) is 0 Å². The van der Waals surface area contributed by atoms with Crippen LogP contribution in [0.15, 0.2) is 200 Å². The molecular weight excluding hydrogens is 671 g/mol. The summed E-state index contributed by atoms with van der Waals surface area (Å²) < 4.78 is 2.62. The SMILES string of the molecule is c1ccc(-c2cccc(N(c3ccc(-c4cccc5c4ccc4ccc6ccccc6c45)cc3)c3cccc4c3sc3c5ccccc5ccc43)c2)cc1. The minimum Gasteiger partial charge on any atom is -0.309 e. The topological polar surface area (TPSA) is 3.24 Å². The van der Waals surface area contributed by atoms with Gasteiger partial charge in [0.05, 0.1) is 10.4 Å². The normalized spacial score (nSPS) is 11.7. The Morgan fingerprint density at radius 1 is 0.315 bits per heavy atom. The summed E-state index contributed by atoms with van der Waals surface area (Å²) in [6, 6.07) is 73.4. The molecule has 0 saturated carbocycles. The van der Waals surface area contributed by atoms with Crippen molar-refractivity contribution in [3.8, 4) is 22.3 Å². The Kier molecular flexibility index (Phi) is 7.11. The Labute approximate surface area is 317 Å². The second-order valence-electron chi connectivity index (χ2n) is 14.1. The third kappa shape index (κ3) is 4.92. The van der Waals surface area contributed by atoms with Crippen LogP contribution < -0.4 is 4.90 Å². The molecule has 0 spiro atoms. The van der Waals surface area contributed by atoms with Gasteiger partial charge in [-0.25, -0.2) is 0 Å². The fourth-order valence-corrected chi connectivity index (χ4v) is 9.82. The third-order valence-corrected chi connectivity index (χ3v) is 12.3. The Bertz CT molecular complexity index is 3210. The number of rotatable bonds is 5. The van der Waals surface area contributed by atoms with Gasteiger partial charge in [-0.15, -0.1) is 11.3 Å². The van der Waals surface area contributed by atoms with Gasteiger partial charge in [-0.1, -0.05) is 170 Å². The molecule has 1 nitrogen and oxygen atoms in total. The zero-order valence-corrected chi connectivity index (χ0v) is 30.2. The van der Waals surface area contributed by atoms with E-state index in [4.69, 9.17) is 0 Å². The van der Waals surface area contributed by atoms with E-state index in [-0.39, 0.29) is 0 Å². The van der Waals surface area contributed by atoms with Gasteiger partial charge in [0.2, 0.25) is 0 Å². The lowest BCUT2D eigenvalue weighted by Crippen LogP contribution is -2.10. The average Bonchev–Trinajstić information content (AvgIpc) is 3.64. The predicted molar refractivity (Wildman–Crippen MR) is 235 cm³/mol. The molecule has 54 heavy (non-hydrogen) atoms. The average molecular weight is 704 g/mol. The fraction of sp³-hybridized carbons (Fsp3) is 0. The molecule has 0 aliphatic heterocycles. The molecule has 0 aliphatic rings. The Morgan fingerprint density at radius 3 is 1.80 bits per heavy atom. The van der Waals surface area contributed by atoms with Gasteiger partial charge < -0.3 is 4.90 Å². The molecule has 2 heteroatoms. The first-order valence-corrected chi connectivity index (χ1v) is 19.3. The van der Waals surface area contributed by atoms with E-state index >= 15 is 0 Å². The van der Waals surface area contributed by atoms with Gasteiger partial charge in [0.1, 0.15) is 0 Å². The van der Waals surface area contributed by atoms with Crippen LogP contribution in [0, 0.1) is 0 Å². The number of hydrogen-bond donors (Lipinski definition) is 0. The molecule has 1 aromatic heterocycles. The summed E-state index contributed by atoms with van der Waals surface area (Å²) in [5.41, 5.74) is 8.27. The molecule has 0 bridgehead atoms. The number of thiophene rings is 1. The van der Waals surface area contributed by atoms with Crippen LogP contribution in [0.4, 0.5) is 17.1 Å². The molecule has 11 aromatic rings. The van der Waals surface area contributed by atoms with Gasteiger partial charge in [0, 0.05) is 26.8 Å². The van der Waals surface area contributed by atoms with E-state index < -0.39 is 0 Å². The monoisotopic (exact) mass is 703 g/mol. The van der Waals surface area contributed by atoms with Crippen LogP contribution in [0.3, 0.4) is 0 Å². The summed E-state index contributed by atoms with van der Waals surface area (Å²) in [5.74, 6) is 0. The fourth-order valence-electron chi connectivity index (χ4n) is 8.48. The number of anilines is 3. The number of benzene rings is 10. The molecule has 10 aromatic carbocycles. The van der Waals surface area contributed by atoms with Crippen LogP contribution in [-0.2, 0) is 0 Å². The first-order valence-electron chi connectivity index (χ1n) is 18.5. The second-order valence-corrected chi connectivity index (χ2v) is 15.1. The Balaban J connectivity index is 1.10. The molecule has 0 aliphatic carbocycles. The highest BCUT2D eigenvalue weighted by atomic mass is 32.1. The van der Waals surface area contributed by atoms with Crippen LogP contribution in [-0.4, -0.2) is 0 Å². The molecule has 0 fully saturated rings. The van der Waals surface area contributed by atoms with Crippen LogP contribution >= 0.6 is 11.3 Å². The smallest absolute Gasteiger partial charge is 0.0640 e. The molecule has 1 heterocycles. The predicted octanol–water partition coefficient (Wildman–Crippen LogP) is 15.5. The van der Waals surface area contributed by atoms with Crippen molar-refractivity contribution in [2.45, 2.75) is 0 Å². The molecule has 0 amide bonds. The van der Waals surface area contributed by atoms with Crippen molar-refractivity contribution < 1.29 is 0 Å². The number of hydrogen-bond acceptors (Lipinski definition) is 2. The van der Waals surface area contributed by atoms with Crippen LogP contribution in [0.2, 0.25) is 0 Å². The van der Waals surface area contributed by atoms with Crippen LogP contribution in [0.25, 0.3) is 85.5 Å². The summed E-state index contributed by atoms with van der Waals surface area (Å²) in [6.45, 7) is 0. The van der Waals surface area contributed by atoms with E-state index in [2.05, 4.69) is 205 Å². The zero-order chi connectivity index (χ0) is 35.6. The lowest BCUT2D eigenvalue weighted by atomic mass is 9.92. The molecule has 11 rings (SSSR count). The van der Waals surface area contributed by atoms with E-state index in [1.165, 1.54) is 91.2 Å². The highest BCUT2D eigenvalue weighted by molar-refractivity contribution is 7.27. The highest BCUT2D eigenvalue weighted by Gasteiger charge is 2.20. The van der Waals surface area contributed by atoms with Gasteiger partial charge in [-0.3, -0.25) is 0 Å². The summed E-state index contributed by atoms with van der Waals surface area (Å²) >= 11 is 1.90. The summed E-state index contributed by atoms with van der Waals surface area (Å²) in [6.07, 6.45) is 0. The van der Waals surface area contributed by atoms with E-state index in [9.17, 15) is 0 Å². The third-order valence-electron chi connectivity index (χ3n) is 11.0. The quantitative estimate of drug-likeness (QED) is 0.161. The maximum Gasteiger partial charge on any atom is 0.0640 e. The summed E-state index contributed by atoms with van der Waals surface area (Å²) in [4.78, 5) is 2.44. The van der Waals surface area contributed by atoms with Crippen molar-refractivity contribution in [1.82, 2.24) is 0 Å². The molecular formula is C52H33NS. The van der Waals surface area contributed by atoms with E-state index in [0.717, 1.165) is 11.4 Å². The van der Waals surface area contributed by atoms with Gasteiger partial charge in [-0.05, 0) is 95.7 Å². The largest absolute Gasteiger partial charge is 0.309 e. The van der Waals surface area contributed by atoms with E-state index in [1.807, 2.05) is 11.3 Å². The first kappa shape index (κ1) is 30.8. The zero-order valence-electron chi connectivity index (χ0n) is 29.4. The standard InChI is InChI=1S/C52H33NS/c1-2-11-34(12-3-1)39-15-8-16-41(33-39)53(49-22-10-21-47-48-32-27-36-14-5-7-18-44(36)51(48)54-52(47)49)40-29-25-37(26-30-40)42-19-9-20-46-45(42)31-28-38-24-23-35-13-4-6-17-43(35)50(38)46/h1-33H. The second kappa shape index (κ2) is 12.4. The molecule has 0 N–H and O–H groups in total. The van der Waals surface area contributed by atoms with Crippen LogP contribution in [0.5, 0.6) is 0 Å². The lowest BCUT2D eigenvalue weighted by Gasteiger charge is -2.27. The van der Waals surface area contributed by atoms with Crippen molar-refractivity contribution >= 4 is 91.7 Å². The summed E-state index contributed by atoms with van der Waals surface area (Å²) in [7, 11) is 0. The van der Waals surface area contributed by atoms with Crippen molar-refractivity contribution in [2.75, 3.05) is 4.90 Å². The minimum atomic E-state index is 1.12. The van der Waals surface area contributed by atoms with Crippen molar-refractivity contribution in [2.24, 2.45) is 0 Å². The van der Waals surface area contributed by atoms with E-state index in [1.54, 1.807) is 0 Å². The Morgan fingerprint density at radius 2 is 0.926 bits per heavy atom. The minimum absolute atomic E-state index is 1.12. The number of nitrogens with zero attached hydrogens (tertiary/aromatic N) is 1. The molecule has 0 atom stereocenters.